The monoisotopic (exact) mass is 696 g/mol. The van der Waals surface area contributed by atoms with Crippen molar-refractivity contribution in [2.45, 2.75) is 25.9 Å². The number of Topliss-reactive ketones (excluding diaryl/α,β-unsaturated/α-hetero) is 1. The molecule has 1 amide bonds. The van der Waals surface area contributed by atoms with Gasteiger partial charge in [0.15, 0.2) is 11.5 Å². The predicted octanol–water partition coefficient (Wildman–Crippen LogP) is 7.30. The fourth-order valence-corrected chi connectivity index (χ4v) is 6.02. The lowest BCUT2D eigenvalue weighted by atomic mass is 9.71. The summed E-state index contributed by atoms with van der Waals surface area (Å²) in [6.45, 7) is 3.31. The van der Waals surface area contributed by atoms with Gasteiger partial charge in [-0.3, -0.25) is 29.9 Å². The largest absolute Gasteiger partial charge is 0.493 e. The number of fused-ring (bicyclic) bond motifs is 2. The van der Waals surface area contributed by atoms with Crippen LogP contribution in [0.3, 0.4) is 0 Å². The SMILES string of the molecule is COc1cc(COc2ccc([N+](=O)[O-])cc2N(C)C(=O)Oc2ccc3c(c2)C(C)(C)C2=C(Cl)C(=O)C(Cl)=CC2=N3)c([N+](=O)[O-])cc1OC. The molecule has 0 unspecified atom stereocenters. The van der Waals surface area contributed by atoms with Crippen molar-refractivity contribution in [3.63, 3.8) is 0 Å². The topological polar surface area (TPSA) is 173 Å². The highest BCUT2D eigenvalue weighted by Gasteiger charge is 2.40. The van der Waals surface area contributed by atoms with Crippen molar-refractivity contribution in [2.75, 3.05) is 26.2 Å². The number of nitro benzene ring substituents is 2. The van der Waals surface area contributed by atoms with Gasteiger partial charge < -0.3 is 18.9 Å². The van der Waals surface area contributed by atoms with Gasteiger partial charge in [0.1, 0.15) is 18.1 Å². The zero-order chi connectivity index (χ0) is 35.1. The number of ether oxygens (including phenoxy) is 4. The molecule has 16 heteroatoms. The third-order valence-corrected chi connectivity index (χ3v) is 8.46. The van der Waals surface area contributed by atoms with Crippen LogP contribution >= 0.6 is 23.2 Å². The highest BCUT2D eigenvalue weighted by molar-refractivity contribution is 6.58. The van der Waals surface area contributed by atoms with Gasteiger partial charge in [-0.1, -0.05) is 37.0 Å². The summed E-state index contributed by atoms with van der Waals surface area (Å²) in [5, 5.41) is 23.3. The van der Waals surface area contributed by atoms with Crippen LogP contribution in [0.25, 0.3) is 0 Å². The number of rotatable bonds is 9. The Labute approximate surface area is 283 Å². The number of anilines is 1. The number of hydrogen-bond acceptors (Lipinski definition) is 11. The third kappa shape index (κ3) is 6.14. The molecule has 248 valence electrons. The zero-order valence-electron chi connectivity index (χ0n) is 26.0. The minimum absolute atomic E-state index is 0.00664. The molecular weight excluding hydrogens is 671 g/mol. The van der Waals surface area contributed by atoms with E-state index in [1.807, 2.05) is 13.8 Å². The van der Waals surface area contributed by atoms with Crippen LogP contribution < -0.4 is 23.8 Å². The molecular formula is C32H26Cl2N4O10. The van der Waals surface area contributed by atoms with Gasteiger partial charge >= 0.3 is 6.09 Å². The zero-order valence-corrected chi connectivity index (χ0v) is 27.5. The molecule has 0 radical (unpaired) electrons. The van der Waals surface area contributed by atoms with E-state index in [9.17, 15) is 29.8 Å². The van der Waals surface area contributed by atoms with Crippen molar-refractivity contribution in [1.82, 2.24) is 0 Å². The number of carbonyl (C=O) groups is 2. The molecule has 14 nitrogen and oxygen atoms in total. The van der Waals surface area contributed by atoms with Crippen molar-refractivity contribution in [1.29, 1.82) is 0 Å². The standard InChI is InChI=1S/C32H26Cl2N4O10/c1-32(2)19-12-18(7-8-21(19)35-22-13-20(33)30(39)29(34)28(22)32)48-31(40)36(3)24-11-17(37(41)42)6-9-25(24)47-15-16-10-26(45-4)27(46-5)14-23(16)38(43)44/h6-14H,15H2,1-5H3. The molecule has 1 heterocycles. The number of amides is 1. The lowest BCUT2D eigenvalue weighted by Gasteiger charge is -2.36. The van der Waals surface area contributed by atoms with E-state index in [2.05, 4.69) is 4.99 Å². The Kier molecular flexibility index (Phi) is 9.15. The molecule has 1 aliphatic heterocycles. The van der Waals surface area contributed by atoms with Gasteiger partial charge in [0.2, 0.25) is 5.78 Å². The lowest BCUT2D eigenvalue weighted by Crippen LogP contribution is -2.33. The number of ketones is 1. The lowest BCUT2D eigenvalue weighted by molar-refractivity contribution is -0.385. The number of hydrogen-bond donors (Lipinski definition) is 0. The maximum Gasteiger partial charge on any atom is 0.419 e. The van der Waals surface area contributed by atoms with Crippen molar-refractivity contribution >= 4 is 63.5 Å². The number of allylic oxidation sites excluding steroid dienone is 4. The molecule has 3 aromatic carbocycles. The molecule has 0 saturated heterocycles. The van der Waals surface area contributed by atoms with Gasteiger partial charge in [-0.25, -0.2) is 9.79 Å². The summed E-state index contributed by atoms with van der Waals surface area (Å²) in [6.07, 6.45) is 0.524. The van der Waals surface area contributed by atoms with E-state index < -0.39 is 27.1 Å². The van der Waals surface area contributed by atoms with Gasteiger partial charge in [-0.05, 0) is 42.0 Å². The molecule has 0 aromatic heterocycles. The average Bonchev–Trinajstić information content (AvgIpc) is 3.05. The van der Waals surface area contributed by atoms with Crippen LogP contribution in [-0.4, -0.2) is 48.7 Å². The van der Waals surface area contributed by atoms with Crippen LogP contribution in [0, 0.1) is 20.2 Å². The van der Waals surface area contributed by atoms with Gasteiger partial charge in [0.05, 0.1) is 62.8 Å². The Morgan fingerprint density at radius 3 is 2.29 bits per heavy atom. The molecule has 0 fully saturated rings. The number of aliphatic imine (C=N–C) groups is 1. The van der Waals surface area contributed by atoms with Crippen LogP contribution in [-0.2, 0) is 16.8 Å². The fraction of sp³-hybridized carbons (Fsp3) is 0.219. The molecule has 0 bridgehead atoms. The molecule has 0 spiro atoms. The second kappa shape index (κ2) is 13.0. The first kappa shape index (κ1) is 33.9. The van der Waals surface area contributed by atoms with Gasteiger partial charge in [-0.2, -0.15) is 0 Å². The van der Waals surface area contributed by atoms with Crippen LogP contribution in [0.4, 0.5) is 27.5 Å². The normalized spacial score (nSPS) is 14.6. The molecule has 48 heavy (non-hydrogen) atoms. The van der Waals surface area contributed by atoms with Crippen molar-refractivity contribution in [3.05, 3.63) is 102 Å². The minimum atomic E-state index is -0.935. The van der Waals surface area contributed by atoms with E-state index >= 15 is 0 Å². The number of non-ortho nitro benzene ring substituents is 1. The summed E-state index contributed by atoms with van der Waals surface area (Å²) in [6, 6.07) is 10.8. The number of halogens is 2. The number of benzene rings is 3. The quantitative estimate of drug-likeness (QED) is 0.125. The van der Waals surface area contributed by atoms with Crippen molar-refractivity contribution in [3.8, 4) is 23.0 Å². The second-order valence-corrected chi connectivity index (χ2v) is 11.8. The van der Waals surface area contributed by atoms with Crippen LogP contribution in [0.15, 0.2) is 75.2 Å². The number of nitrogens with zero attached hydrogens (tertiary/aromatic N) is 4. The first-order valence-corrected chi connectivity index (χ1v) is 14.7. The number of carbonyl (C=O) groups excluding carboxylic acids is 2. The Morgan fingerprint density at radius 1 is 0.958 bits per heavy atom. The molecule has 0 N–H and O–H groups in total. The Bertz CT molecular complexity index is 2000. The molecule has 3 aromatic rings. The van der Waals surface area contributed by atoms with E-state index in [1.165, 1.54) is 57.7 Å². The predicted molar refractivity (Wildman–Crippen MR) is 176 cm³/mol. The molecule has 1 aliphatic carbocycles. The van der Waals surface area contributed by atoms with Gasteiger partial charge in [0, 0.05) is 30.2 Å². The summed E-state index contributed by atoms with van der Waals surface area (Å²) in [7, 11) is 4.03. The van der Waals surface area contributed by atoms with Crippen molar-refractivity contribution < 1.29 is 38.4 Å². The van der Waals surface area contributed by atoms with Crippen LogP contribution in [0.1, 0.15) is 25.0 Å². The fourth-order valence-electron chi connectivity index (χ4n) is 5.34. The summed E-state index contributed by atoms with van der Waals surface area (Å²) in [5.74, 6) is -0.0666. The maximum absolute atomic E-state index is 13.4. The second-order valence-electron chi connectivity index (χ2n) is 11.0. The number of methoxy groups -OCH3 is 2. The average molecular weight is 697 g/mol. The van der Waals surface area contributed by atoms with Crippen LogP contribution in [0.5, 0.6) is 23.0 Å². The van der Waals surface area contributed by atoms with E-state index in [0.29, 0.717) is 22.5 Å². The smallest absolute Gasteiger partial charge is 0.419 e. The van der Waals surface area contributed by atoms with E-state index in [1.54, 1.807) is 12.1 Å². The van der Waals surface area contributed by atoms with Crippen molar-refractivity contribution in [2.24, 2.45) is 4.99 Å². The Hall–Kier alpha value is -5.47. The molecule has 2 aliphatic rings. The van der Waals surface area contributed by atoms with E-state index in [4.69, 9.17) is 42.1 Å². The number of nitro groups is 2. The Morgan fingerprint density at radius 2 is 1.65 bits per heavy atom. The van der Waals surface area contributed by atoms with Crippen LogP contribution in [0.2, 0.25) is 0 Å². The Balaban J connectivity index is 1.45. The molecule has 0 atom stereocenters. The highest BCUT2D eigenvalue weighted by atomic mass is 35.5. The summed E-state index contributed by atoms with van der Waals surface area (Å²) in [5.41, 5.74) is 0.642. The highest BCUT2D eigenvalue weighted by Crippen LogP contribution is 2.48. The first-order valence-electron chi connectivity index (χ1n) is 14.0. The van der Waals surface area contributed by atoms with Gasteiger partial charge in [-0.15, -0.1) is 0 Å². The van der Waals surface area contributed by atoms with E-state index in [-0.39, 0.29) is 62.3 Å². The molecule has 0 saturated carbocycles. The minimum Gasteiger partial charge on any atom is -0.493 e. The van der Waals surface area contributed by atoms with E-state index in [0.717, 1.165) is 11.0 Å². The third-order valence-electron chi connectivity index (χ3n) is 7.82. The van der Waals surface area contributed by atoms with Gasteiger partial charge in [0.25, 0.3) is 11.4 Å². The summed E-state index contributed by atoms with van der Waals surface area (Å²) < 4.78 is 21.9. The summed E-state index contributed by atoms with van der Waals surface area (Å²) in [4.78, 5) is 53.7. The maximum atomic E-state index is 13.4. The first-order chi connectivity index (χ1) is 22.7. The molecule has 5 rings (SSSR count). The summed E-state index contributed by atoms with van der Waals surface area (Å²) >= 11 is 12.5.